The zero-order valence-electron chi connectivity index (χ0n) is 11.6. The first-order valence-corrected chi connectivity index (χ1v) is 6.70. The van der Waals surface area contributed by atoms with Crippen LogP contribution in [0.4, 0.5) is 13.2 Å². The third kappa shape index (κ3) is 8.84. The van der Waals surface area contributed by atoms with E-state index in [1.165, 1.54) is 0 Å². The maximum atomic E-state index is 11.9. The van der Waals surface area contributed by atoms with Crippen LogP contribution in [0.3, 0.4) is 0 Å². The second-order valence-electron chi connectivity index (χ2n) is 4.51. The van der Waals surface area contributed by atoms with Crippen molar-refractivity contribution in [2.75, 3.05) is 19.8 Å². The molecular formula is C13H23F3N2O. The van der Waals surface area contributed by atoms with E-state index in [1.54, 1.807) is 0 Å². The van der Waals surface area contributed by atoms with Crippen molar-refractivity contribution in [3.05, 3.63) is 0 Å². The Morgan fingerprint density at radius 1 is 1.11 bits per heavy atom. The van der Waals surface area contributed by atoms with E-state index >= 15 is 0 Å². The maximum absolute atomic E-state index is 11.9. The summed E-state index contributed by atoms with van der Waals surface area (Å²) in [7, 11) is 0. The number of nitrogens with one attached hydrogen (secondary N) is 1. The van der Waals surface area contributed by atoms with Crippen molar-refractivity contribution in [2.24, 2.45) is 0 Å². The summed E-state index contributed by atoms with van der Waals surface area (Å²) in [6.07, 6.45) is -2.90. The average molecular weight is 280 g/mol. The molecule has 0 aliphatic heterocycles. The molecule has 1 atom stereocenters. The van der Waals surface area contributed by atoms with Crippen molar-refractivity contribution in [1.29, 1.82) is 5.26 Å². The number of halogens is 3. The van der Waals surface area contributed by atoms with Gasteiger partial charge in [-0.15, -0.1) is 0 Å². The number of alkyl halides is 3. The van der Waals surface area contributed by atoms with Crippen molar-refractivity contribution in [2.45, 2.75) is 57.7 Å². The third-order valence-electron chi connectivity index (χ3n) is 2.97. The number of hydrogen-bond acceptors (Lipinski definition) is 3. The number of nitrogens with zero attached hydrogens (tertiary/aromatic N) is 1. The normalized spacial score (nSPS) is 14.9. The van der Waals surface area contributed by atoms with E-state index in [-0.39, 0.29) is 13.0 Å². The lowest BCUT2D eigenvalue weighted by Crippen LogP contribution is -2.43. The minimum atomic E-state index is -4.10. The predicted octanol–water partition coefficient (Wildman–Crippen LogP) is 3.41. The van der Waals surface area contributed by atoms with Crippen LogP contribution in [0.2, 0.25) is 0 Å². The Morgan fingerprint density at radius 3 is 2.11 bits per heavy atom. The van der Waals surface area contributed by atoms with Crippen molar-refractivity contribution in [3.8, 4) is 6.07 Å². The summed E-state index contributed by atoms with van der Waals surface area (Å²) < 4.78 is 40.7. The number of hydrogen-bond donors (Lipinski definition) is 1. The number of ether oxygens (including phenoxy) is 1. The van der Waals surface area contributed by atoms with Gasteiger partial charge in [0, 0.05) is 19.6 Å². The van der Waals surface area contributed by atoms with Crippen LogP contribution >= 0.6 is 0 Å². The van der Waals surface area contributed by atoms with E-state index in [2.05, 4.69) is 11.4 Å². The van der Waals surface area contributed by atoms with Gasteiger partial charge >= 0.3 is 6.18 Å². The molecule has 0 saturated heterocycles. The highest BCUT2D eigenvalue weighted by Crippen LogP contribution is 2.21. The molecule has 0 aliphatic rings. The molecule has 0 saturated carbocycles. The summed E-state index contributed by atoms with van der Waals surface area (Å²) in [5, 5.41) is 12.3. The van der Waals surface area contributed by atoms with Gasteiger partial charge in [-0.2, -0.15) is 18.4 Å². The highest BCUT2D eigenvalue weighted by Gasteiger charge is 2.27. The van der Waals surface area contributed by atoms with Gasteiger partial charge in [-0.1, -0.05) is 13.8 Å². The van der Waals surface area contributed by atoms with Gasteiger partial charge in [0.25, 0.3) is 0 Å². The lowest BCUT2D eigenvalue weighted by atomic mass is 9.92. The topological polar surface area (TPSA) is 45.0 Å². The molecule has 112 valence electrons. The van der Waals surface area contributed by atoms with Crippen molar-refractivity contribution in [3.63, 3.8) is 0 Å². The quantitative estimate of drug-likeness (QED) is 0.624. The van der Waals surface area contributed by atoms with Gasteiger partial charge in [0.05, 0.1) is 6.07 Å². The molecular weight excluding hydrogens is 257 g/mol. The SMILES string of the molecule is CCNC(C#N)(CC)CCCOCCCC(F)(F)F. The highest BCUT2D eigenvalue weighted by atomic mass is 19.4. The molecule has 0 amide bonds. The molecule has 0 aromatic carbocycles. The fourth-order valence-electron chi connectivity index (χ4n) is 1.86. The minimum absolute atomic E-state index is 0.00607. The Balaban J connectivity index is 3.70. The van der Waals surface area contributed by atoms with Gasteiger partial charge in [0.15, 0.2) is 0 Å². The van der Waals surface area contributed by atoms with Crippen LogP contribution in [0.25, 0.3) is 0 Å². The van der Waals surface area contributed by atoms with E-state index in [0.29, 0.717) is 32.4 Å². The van der Waals surface area contributed by atoms with Gasteiger partial charge in [0.2, 0.25) is 0 Å². The zero-order valence-corrected chi connectivity index (χ0v) is 11.6. The standard InChI is InChI=1S/C13H23F3N2O/c1-3-12(11-17,18-4-2)7-5-9-19-10-6-8-13(14,15)16/h18H,3-10H2,1-2H3. The smallest absolute Gasteiger partial charge is 0.381 e. The Morgan fingerprint density at radius 2 is 1.68 bits per heavy atom. The second-order valence-corrected chi connectivity index (χ2v) is 4.51. The monoisotopic (exact) mass is 280 g/mol. The van der Waals surface area contributed by atoms with Gasteiger partial charge < -0.3 is 4.74 Å². The van der Waals surface area contributed by atoms with Gasteiger partial charge in [-0.3, -0.25) is 5.32 Å². The molecule has 0 aromatic rings. The van der Waals surface area contributed by atoms with Gasteiger partial charge in [-0.25, -0.2) is 0 Å². The highest BCUT2D eigenvalue weighted by molar-refractivity contribution is 5.05. The molecule has 0 heterocycles. The molecule has 0 rings (SSSR count). The summed E-state index contributed by atoms with van der Waals surface area (Å²) in [5.41, 5.74) is -0.538. The molecule has 3 nitrogen and oxygen atoms in total. The van der Waals surface area contributed by atoms with Crippen molar-refractivity contribution < 1.29 is 17.9 Å². The second kappa shape index (κ2) is 9.16. The van der Waals surface area contributed by atoms with Crippen LogP contribution in [0.1, 0.15) is 46.0 Å². The van der Waals surface area contributed by atoms with Crippen molar-refractivity contribution >= 4 is 0 Å². The summed E-state index contributed by atoms with van der Waals surface area (Å²) >= 11 is 0. The van der Waals surface area contributed by atoms with Crippen molar-refractivity contribution in [1.82, 2.24) is 5.32 Å². The molecule has 19 heavy (non-hydrogen) atoms. The average Bonchev–Trinajstić information content (AvgIpc) is 2.35. The summed E-state index contributed by atoms with van der Waals surface area (Å²) in [5.74, 6) is 0. The summed E-state index contributed by atoms with van der Waals surface area (Å²) in [4.78, 5) is 0. The molecule has 1 N–H and O–H groups in total. The number of rotatable bonds is 10. The molecule has 0 aromatic heterocycles. The van der Waals surface area contributed by atoms with Crippen LogP contribution < -0.4 is 5.32 Å². The van der Waals surface area contributed by atoms with Gasteiger partial charge in [0.1, 0.15) is 5.54 Å². The molecule has 0 aliphatic carbocycles. The molecule has 0 fully saturated rings. The lowest BCUT2D eigenvalue weighted by molar-refractivity contribution is -0.137. The van der Waals surface area contributed by atoms with Crippen LogP contribution in [-0.2, 0) is 4.74 Å². The van der Waals surface area contributed by atoms with Crippen LogP contribution in [0, 0.1) is 11.3 Å². The summed E-state index contributed by atoms with van der Waals surface area (Å²) in [6, 6.07) is 2.27. The molecule has 6 heteroatoms. The largest absolute Gasteiger partial charge is 0.389 e. The van der Waals surface area contributed by atoms with E-state index in [4.69, 9.17) is 10.00 Å². The fraction of sp³-hybridized carbons (Fsp3) is 0.923. The fourth-order valence-corrected chi connectivity index (χ4v) is 1.86. The minimum Gasteiger partial charge on any atom is -0.381 e. The van der Waals surface area contributed by atoms with Gasteiger partial charge in [-0.05, 0) is 32.2 Å². The Hall–Kier alpha value is -0.800. The predicted molar refractivity (Wildman–Crippen MR) is 67.7 cm³/mol. The van der Waals surface area contributed by atoms with E-state index < -0.39 is 18.1 Å². The molecule has 0 radical (unpaired) electrons. The first kappa shape index (κ1) is 18.2. The summed E-state index contributed by atoms with van der Waals surface area (Å²) in [6.45, 7) is 5.11. The first-order chi connectivity index (χ1) is 8.89. The lowest BCUT2D eigenvalue weighted by Gasteiger charge is -2.25. The van der Waals surface area contributed by atoms with Crippen LogP contribution in [0.15, 0.2) is 0 Å². The van der Waals surface area contributed by atoms with E-state index in [1.807, 2.05) is 13.8 Å². The maximum Gasteiger partial charge on any atom is 0.389 e. The van der Waals surface area contributed by atoms with Crippen LogP contribution in [-0.4, -0.2) is 31.5 Å². The third-order valence-corrected chi connectivity index (χ3v) is 2.97. The molecule has 1 unspecified atom stereocenters. The Kier molecular flexibility index (Phi) is 8.77. The Bertz CT molecular complexity index is 276. The molecule has 0 bridgehead atoms. The van der Waals surface area contributed by atoms with E-state index in [9.17, 15) is 13.2 Å². The van der Waals surface area contributed by atoms with Crippen LogP contribution in [0.5, 0.6) is 0 Å². The zero-order chi connectivity index (χ0) is 14.8. The first-order valence-electron chi connectivity index (χ1n) is 6.70. The van der Waals surface area contributed by atoms with E-state index in [0.717, 1.165) is 0 Å². The Labute approximate surface area is 113 Å². The molecule has 0 spiro atoms. The number of nitriles is 1.